The van der Waals surface area contributed by atoms with Gasteiger partial charge < -0.3 is 10.6 Å². The minimum atomic E-state index is 0.523. The Morgan fingerprint density at radius 2 is 2.19 bits per heavy atom. The van der Waals surface area contributed by atoms with E-state index in [0.717, 1.165) is 47.3 Å². The standard InChI is InChI=1S/C16H24N4S/c1-3-8-17-16-19-14(13-7-9-21-15(13)20-16)18-12(4-2)10-11-5-6-11/h7,9,11-12H,3-6,8,10H2,1-2H3,(H2,17,18,19,20). The van der Waals surface area contributed by atoms with E-state index in [1.165, 1.54) is 19.3 Å². The van der Waals surface area contributed by atoms with Gasteiger partial charge in [0.05, 0.1) is 5.39 Å². The van der Waals surface area contributed by atoms with Crippen molar-refractivity contribution in [2.75, 3.05) is 17.2 Å². The van der Waals surface area contributed by atoms with Crippen molar-refractivity contribution in [1.82, 2.24) is 9.97 Å². The normalized spacial score (nSPS) is 16.1. The number of nitrogens with one attached hydrogen (secondary N) is 2. The molecule has 2 aromatic rings. The lowest BCUT2D eigenvalue weighted by Crippen LogP contribution is -2.20. The van der Waals surface area contributed by atoms with Crippen molar-refractivity contribution in [3.63, 3.8) is 0 Å². The fraction of sp³-hybridized carbons (Fsp3) is 0.625. The van der Waals surface area contributed by atoms with E-state index in [1.807, 2.05) is 0 Å². The van der Waals surface area contributed by atoms with E-state index < -0.39 is 0 Å². The van der Waals surface area contributed by atoms with Crippen molar-refractivity contribution in [3.05, 3.63) is 11.4 Å². The highest BCUT2D eigenvalue weighted by atomic mass is 32.1. The zero-order valence-electron chi connectivity index (χ0n) is 12.9. The molecule has 5 heteroatoms. The van der Waals surface area contributed by atoms with Crippen LogP contribution in [0.3, 0.4) is 0 Å². The lowest BCUT2D eigenvalue weighted by molar-refractivity contribution is 0.586. The molecule has 0 aliphatic heterocycles. The molecule has 1 aliphatic carbocycles. The summed E-state index contributed by atoms with van der Waals surface area (Å²) in [6.45, 7) is 5.32. The molecule has 0 radical (unpaired) electrons. The summed E-state index contributed by atoms with van der Waals surface area (Å²) in [5.41, 5.74) is 0. The average Bonchev–Trinajstić information content (AvgIpc) is 3.18. The van der Waals surface area contributed by atoms with Crippen LogP contribution in [0.25, 0.3) is 10.2 Å². The molecule has 114 valence electrons. The number of hydrogen-bond donors (Lipinski definition) is 2. The summed E-state index contributed by atoms with van der Waals surface area (Å²) in [6.07, 6.45) is 6.29. The molecule has 1 atom stereocenters. The van der Waals surface area contributed by atoms with Crippen molar-refractivity contribution >= 4 is 33.3 Å². The van der Waals surface area contributed by atoms with Gasteiger partial charge in [-0.25, -0.2) is 4.98 Å². The number of fused-ring (bicyclic) bond motifs is 1. The summed E-state index contributed by atoms with van der Waals surface area (Å²) in [6, 6.07) is 2.64. The summed E-state index contributed by atoms with van der Waals surface area (Å²) in [4.78, 5) is 10.4. The maximum absolute atomic E-state index is 4.70. The number of aromatic nitrogens is 2. The first-order chi connectivity index (χ1) is 10.3. The molecular weight excluding hydrogens is 280 g/mol. The van der Waals surface area contributed by atoms with Gasteiger partial charge in [0.25, 0.3) is 0 Å². The van der Waals surface area contributed by atoms with E-state index in [-0.39, 0.29) is 0 Å². The fourth-order valence-corrected chi connectivity index (χ4v) is 3.32. The molecule has 4 nitrogen and oxygen atoms in total. The minimum absolute atomic E-state index is 0.523. The molecule has 21 heavy (non-hydrogen) atoms. The van der Waals surface area contributed by atoms with Crippen LogP contribution < -0.4 is 10.6 Å². The van der Waals surface area contributed by atoms with Gasteiger partial charge >= 0.3 is 0 Å². The molecule has 0 spiro atoms. The highest BCUT2D eigenvalue weighted by molar-refractivity contribution is 7.16. The maximum Gasteiger partial charge on any atom is 0.226 e. The monoisotopic (exact) mass is 304 g/mol. The molecule has 1 aliphatic rings. The number of rotatable bonds is 8. The number of hydrogen-bond acceptors (Lipinski definition) is 5. The Labute approximate surface area is 130 Å². The summed E-state index contributed by atoms with van der Waals surface area (Å²) in [5, 5.41) is 10.2. The number of anilines is 2. The van der Waals surface area contributed by atoms with Crippen LogP contribution in [-0.4, -0.2) is 22.6 Å². The van der Waals surface area contributed by atoms with Crippen LogP contribution in [0.4, 0.5) is 11.8 Å². The Hall–Kier alpha value is -1.36. The van der Waals surface area contributed by atoms with Gasteiger partial charge in [0.2, 0.25) is 5.95 Å². The van der Waals surface area contributed by atoms with Crippen molar-refractivity contribution < 1.29 is 0 Å². The maximum atomic E-state index is 4.70. The number of nitrogens with zero attached hydrogens (tertiary/aromatic N) is 2. The first-order valence-electron chi connectivity index (χ1n) is 8.05. The first-order valence-corrected chi connectivity index (χ1v) is 8.93. The van der Waals surface area contributed by atoms with Crippen molar-refractivity contribution in [3.8, 4) is 0 Å². The van der Waals surface area contributed by atoms with Gasteiger partial charge in [0.1, 0.15) is 10.6 Å². The van der Waals surface area contributed by atoms with Gasteiger partial charge in [-0.05, 0) is 36.6 Å². The zero-order valence-corrected chi connectivity index (χ0v) is 13.7. The van der Waals surface area contributed by atoms with Crippen LogP contribution in [0.5, 0.6) is 0 Å². The van der Waals surface area contributed by atoms with Crippen LogP contribution in [0.15, 0.2) is 11.4 Å². The number of thiophene rings is 1. The molecule has 0 bridgehead atoms. The Bertz CT molecular complexity index is 591. The van der Waals surface area contributed by atoms with E-state index in [4.69, 9.17) is 4.98 Å². The van der Waals surface area contributed by atoms with Gasteiger partial charge in [0, 0.05) is 12.6 Å². The molecule has 2 heterocycles. The quantitative estimate of drug-likeness (QED) is 0.753. The van der Waals surface area contributed by atoms with Crippen LogP contribution in [0, 0.1) is 5.92 Å². The third-order valence-electron chi connectivity index (χ3n) is 4.01. The molecule has 2 aromatic heterocycles. The zero-order chi connectivity index (χ0) is 14.7. The fourth-order valence-electron chi connectivity index (χ4n) is 2.56. The SMILES string of the molecule is CCCNc1nc(NC(CC)CC2CC2)c2ccsc2n1. The highest BCUT2D eigenvalue weighted by Gasteiger charge is 2.25. The highest BCUT2D eigenvalue weighted by Crippen LogP contribution is 2.35. The summed E-state index contributed by atoms with van der Waals surface area (Å²) in [5.74, 6) is 2.67. The summed E-state index contributed by atoms with van der Waals surface area (Å²) >= 11 is 1.68. The van der Waals surface area contributed by atoms with Gasteiger partial charge in [0.15, 0.2) is 0 Å². The largest absolute Gasteiger partial charge is 0.367 e. The average molecular weight is 304 g/mol. The third kappa shape index (κ3) is 3.64. The van der Waals surface area contributed by atoms with Crippen molar-refractivity contribution in [1.29, 1.82) is 0 Å². The predicted octanol–water partition coefficient (Wildman–Crippen LogP) is 4.50. The van der Waals surface area contributed by atoms with E-state index in [2.05, 4.69) is 40.9 Å². The second-order valence-corrected chi connectivity index (χ2v) is 6.79. The molecule has 0 aromatic carbocycles. The van der Waals surface area contributed by atoms with E-state index in [9.17, 15) is 0 Å². The van der Waals surface area contributed by atoms with Crippen LogP contribution >= 0.6 is 11.3 Å². The predicted molar refractivity (Wildman–Crippen MR) is 91.2 cm³/mol. The van der Waals surface area contributed by atoms with Gasteiger partial charge in [-0.1, -0.05) is 26.7 Å². The summed E-state index contributed by atoms with van der Waals surface area (Å²) in [7, 11) is 0. The van der Waals surface area contributed by atoms with Gasteiger partial charge in [-0.15, -0.1) is 11.3 Å². The molecule has 2 N–H and O–H groups in total. The molecule has 1 saturated carbocycles. The Morgan fingerprint density at radius 3 is 2.90 bits per heavy atom. The first kappa shape index (κ1) is 14.6. The molecule has 1 unspecified atom stereocenters. The molecule has 1 fully saturated rings. The third-order valence-corrected chi connectivity index (χ3v) is 4.81. The van der Waals surface area contributed by atoms with E-state index in [1.54, 1.807) is 11.3 Å². The Kier molecular flexibility index (Phi) is 4.58. The van der Waals surface area contributed by atoms with Crippen LogP contribution in [0.2, 0.25) is 0 Å². The summed E-state index contributed by atoms with van der Waals surface area (Å²) < 4.78 is 0. The lowest BCUT2D eigenvalue weighted by atomic mass is 10.1. The molecule has 0 saturated heterocycles. The second kappa shape index (κ2) is 6.60. The lowest BCUT2D eigenvalue weighted by Gasteiger charge is -2.18. The Morgan fingerprint density at radius 1 is 1.33 bits per heavy atom. The molecular formula is C16H24N4S. The van der Waals surface area contributed by atoms with Crippen molar-refractivity contribution in [2.45, 2.75) is 52.0 Å². The van der Waals surface area contributed by atoms with Gasteiger partial charge in [-0.2, -0.15) is 4.98 Å². The van der Waals surface area contributed by atoms with Gasteiger partial charge in [-0.3, -0.25) is 0 Å². The van der Waals surface area contributed by atoms with E-state index in [0.29, 0.717) is 6.04 Å². The van der Waals surface area contributed by atoms with E-state index >= 15 is 0 Å². The van der Waals surface area contributed by atoms with Crippen LogP contribution in [0.1, 0.15) is 46.0 Å². The second-order valence-electron chi connectivity index (χ2n) is 5.89. The smallest absolute Gasteiger partial charge is 0.226 e. The topological polar surface area (TPSA) is 49.8 Å². The van der Waals surface area contributed by atoms with Crippen LogP contribution in [-0.2, 0) is 0 Å². The molecule has 3 rings (SSSR count). The molecule has 0 amide bonds. The Balaban J connectivity index is 1.82. The van der Waals surface area contributed by atoms with Crippen molar-refractivity contribution in [2.24, 2.45) is 5.92 Å². The minimum Gasteiger partial charge on any atom is -0.367 e.